The molecule has 118 valence electrons. The van der Waals surface area contributed by atoms with Gasteiger partial charge in [-0.25, -0.2) is 8.42 Å². The summed E-state index contributed by atoms with van der Waals surface area (Å²) < 4.78 is 25.3. The maximum Gasteiger partial charge on any atom is 0.262 e. The van der Waals surface area contributed by atoms with Crippen LogP contribution in [0, 0.1) is 6.92 Å². The second kappa shape index (κ2) is 6.50. The molecule has 1 amide bonds. The molecular formula is C15H18N2O3S2. The van der Waals surface area contributed by atoms with Gasteiger partial charge in [0.15, 0.2) is 0 Å². The number of nitrogens with one attached hydrogen (secondary N) is 2. The molecule has 1 aromatic heterocycles. The van der Waals surface area contributed by atoms with Gasteiger partial charge in [-0.15, -0.1) is 11.3 Å². The second-order valence-electron chi connectivity index (χ2n) is 5.09. The number of carbonyl (C=O) groups excluding carboxylic acids is 1. The van der Waals surface area contributed by atoms with Crippen molar-refractivity contribution in [3.8, 4) is 0 Å². The van der Waals surface area contributed by atoms with E-state index in [0.29, 0.717) is 10.6 Å². The number of carbonyl (C=O) groups is 1. The van der Waals surface area contributed by atoms with Crippen LogP contribution in [0.25, 0.3) is 0 Å². The van der Waals surface area contributed by atoms with Crippen molar-refractivity contribution in [3.63, 3.8) is 0 Å². The molecule has 2 rings (SSSR count). The Balaban J connectivity index is 2.21. The van der Waals surface area contributed by atoms with E-state index in [4.69, 9.17) is 0 Å². The quantitative estimate of drug-likeness (QED) is 0.880. The van der Waals surface area contributed by atoms with Crippen molar-refractivity contribution in [3.05, 3.63) is 51.7 Å². The fourth-order valence-electron chi connectivity index (χ4n) is 2.11. The summed E-state index contributed by atoms with van der Waals surface area (Å²) in [6.45, 7) is 3.71. The van der Waals surface area contributed by atoms with Crippen molar-refractivity contribution in [1.82, 2.24) is 5.32 Å². The van der Waals surface area contributed by atoms with Gasteiger partial charge in [-0.05, 0) is 42.5 Å². The van der Waals surface area contributed by atoms with Crippen LogP contribution in [0.15, 0.2) is 35.7 Å². The summed E-state index contributed by atoms with van der Waals surface area (Å²) in [4.78, 5) is 12.9. The second-order valence-corrected chi connectivity index (χ2v) is 7.75. The van der Waals surface area contributed by atoms with Crippen molar-refractivity contribution in [1.29, 1.82) is 0 Å². The van der Waals surface area contributed by atoms with E-state index in [1.807, 2.05) is 31.4 Å². The molecule has 1 heterocycles. The van der Waals surface area contributed by atoms with E-state index >= 15 is 0 Å². The minimum atomic E-state index is -3.37. The molecule has 0 spiro atoms. The number of rotatable bonds is 5. The fourth-order valence-corrected chi connectivity index (χ4v) is 3.53. The fraction of sp³-hybridized carbons (Fsp3) is 0.267. The molecule has 0 aliphatic carbocycles. The van der Waals surface area contributed by atoms with Crippen LogP contribution < -0.4 is 10.0 Å². The van der Waals surface area contributed by atoms with Crippen LogP contribution in [-0.2, 0) is 10.0 Å². The number of para-hydroxylation sites is 1. The molecule has 0 bridgehead atoms. The predicted molar refractivity (Wildman–Crippen MR) is 89.8 cm³/mol. The zero-order chi connectivity index (χ0) is 16.3. The lowest BCUT2D eigenvalue weighted by Crippen LogP contribution is -2.27. The van der Waals surface area contributed by atoms with Gasteiger partial charge in [-0.3, -0.25) is 9.52 Å². The number of sulfonamides is 1. The Morgan fingerprint density at radius 3 is 2.50 bits per heavy atom. The summed E-state index contributed by atoms with van der Waals surface area (Å²) in [6, 6.07) is 8.59. The van der Waals surface area contributed by atoms with Crippen molar-refractivity contribution < 1.29 is 13.2 Å². The Morgan fingerprint density at radius 1 is 1.23 bits per heavy atom. The minimum absolute atomic E-state index is 0.158. The lowest BCUT2D eigenvalue weighted by atomic mass is 10.1. The molecule has 0 aliphatic rings. The smallest absolute Gasteiger partial charge is 0.262 e. The van der Waals surface area contributed by atoms with E-state index in [2.05, 4.69) is 10.0 Å². The number of anilines is 1. The molecule has 0 saturated heterocycles. The topological polar surface area (TPSA) is 75.3 Å². The Bertz CT molecular complexity index is 782. The third-order valence-electron chi connectivity index (χ3n) is 3.14. The van der Waals surface area contributed by atoms with Gasteiger partial charge in [-0.1, -0.05) is 18.2 Å². The Labute approximate surface area is 134 Å². The molecular weight excluding hydrogens is 320 g/mol. The average molecular weight is 338 g/mol. The van der Waals surface area contributed by atoms with E-state index in [1.165, 1.54) is 11.3 Å². The van der Waals surface area contributed by atoms with Gasteiger partial charge in [0.05, 0.1) is 22.9 Å². The first-order valence-electron chi connectivity index (χ1n) is 6.69. The molecule has 2 aromatic rings. The largest absolute Gasteiger partial charge is 0.345 e. The highest BCUT2D eigenvalue weighted by molar-refractivity contribution is 7.92. The van der Waals surface area contributed by atoms with Gasteiger partial charge in [0.2, 0.25) is 10.0 Å². The van der Waals surface area contributed by atoms with Crippen LogP contribution in [0.3, 0.4) is 0 Å². The van der Waals surface area contributed by atoms with E-state index in [-0.39, 0.29) is 11.9 Å². The molecule has 2 N–H and O–H groups in total. The lowest BCUT2D eigenvalue weighted by Gasteiger charge is -2.18. The third kappa shape index (κ3) is 4.08. The van der Waals surface area contributed by atoms with Crippen molar-refractivity contribution in [2.75, 3.05) is 11.0 Å². The molecule has 22 heavy (non-hydrogen) atoms. The summed E-state index contributed by atoms with van der Waals surface area (Å²) in [5.74, 6) is -0.158. The molecule has 0 radical (unpaired) electrons. The SMILES string of the molecule is Cc1ccsc1C(=O)N[C@@H](C)c1ccccc1NS(C)(=O)=O. The Kier molecular flexibility index (Phi) is 4.87. The maximum absolute atomic E-state index is 12.3. The van der Waals surface area contributed by atoms with Crippen LogP contribution >= 0.6 is 11.3 Å². The summed E-state index contributed by atoms with van der Waals surface area (Å²) in [5, 5.41) is 4.77. The number of hydrogen-bond donors (Lipinski definition) is 2. The molecule has 0 aliphatic heterocycles. The van der Waals surface area contributed by atoms with E-state index in [0.717, 1.165) is 17.4 Å². The molecule has 7 heteroatoms. The normalized spacial score (nSPS) is 12.7. The zero-order valence-electron chi connectivity index (χ0n) is 12.6. The standard InChI is InChI=1S/C15H18N2O3S2/c1-10-8-9-21-14(10)15(18)16-11(2)12-6-4-5-7-13(12)17-22(3,19)20/h4-9,11,17H,1-3H3,(H,16,18)/t11-/m0/s1. The molecule has 0 saturated carbocycles. The van der Waals surface area contributed by atoms with Crippen LogP contribution in [0.1, 0.15) is 33.8 Å². The van der Waals surface area contributed by atoms with Gasteiger partial charge >= 0.3 is 0 Å². The highest BCUT2D eigenvalue weighted by Gasteiger charge is 2.17. The summed E-state index contributed by atoms with van der Waals surface area (Å²) in [5.41, 5.74) is 2.12. The number of benzene rings is 1. The van der Waals surface area contributed by atoms with E-state index < -0.39 is 10.0 Å². The number of amides is 1. The van der Waals surface area contributed by atoms with Crippen molar-refractivity contribution in [2.24, 2.45) is 0 Å². The van der Waals surface area contributed by atoms with Gasteiger partial charge in [0, 0.05) is 0 Å². The zero-order valence-corrected chi connectivity index (χ0v) is 14.2. The van der Waals surface area contributed by atoms with Crippen molar-refractivity contribution in [2.45, 2.75) is 19.9 Å². The Hall–Kier alpha value is -1.86. The summed E-state index contributed by atoms with van der Waals surface area (Å²) >= 11 is 1.39. The molecule has 1 atom stereocenters. The molecule has 1 aromatic carbocycles. The highest BCUT2D eigenvalue weighted by Crippen LogP contribution is 2.24. The van der Waals surface area contributed by atoms with Crippen LogP contribution in [0.2, 0.25) is 0 Å². The van der Waals surface area contributed by atoms with Crippen LogP contribution in [0.4, 0.5) is 5.69 Å². The highest BCUT2D eigenvalue weighted by atomic mass is 32.2. The molecule has 0 fully saturated rings. The van der Waals surface area contributed by atoms with Gasteiger partial charge in [0.1, 0.15) is 0 Å². The Morgan fingerprint density at radius 2 is 1.91 bits per heavy atom. The predicted octanol–water partition coefficient (Wildman–Crippen LogP) is 2.92. The van der Waals surface area contributed by atoms with Gasteiger partial charge < -0.3 is 5.32 Å². The summed E-state index contributed by atoms with van der Waals surface area (Å²) in [6.07, 6.45) is 1.10. The summed E-state index contributed by atoms with van der Waals surface area (Å²) in [7, 11) is -3.37. The number of hydrogen-bond acceptors (Lipinski definition) is 4. The number of aryl methyl sites for hydroxylation is 1. The maximum atomic E-state index is 12.3. The van der Waals surface area contributed by atoms with Gasteiger partial charge in [-0.2, -0.15) is 0 Å². The van der Waals surface area contributed by atoms with Crippen LogP contribution in [-0.4, -0.2) is 20.6 Å². The average Bonchev–Trinajstić information content (AvgIpc) is 2.83. The first-order chi connectivity index (χ1) is 10.3. The molecule has 0 unspecified atom stereocenters. The van der Waals surface area contributed by atoms with Crippen molar-refractivity contribution >= 4 is 33.0 Å². The minimum Gasteiger partial charge on any atom is -0.345 e. The van der Waals surface area contributed by atoms with E-state index in [9.17, 15) is 13.2 Å². The first-order valence-corrected chi connectivity index (χ1v) is 9.46. The lowest BCUT2D eigenvalue weighted by molar-refractivity contribution is 0.0943. The van der Waals surface area contributed by atoms with Gasteiger partial charge in [0.25, 0.3) is 5.91 Å². The van der Waals surface area contributed by atoms with E-state index in [1.54, 1.807) is 18.2 Å². The molecule has 5 nitrogen and oxygen atoms in total. The van der Waals surface area contributed by atoms with Crippen LogP contribution in [0.5, 0.6) is 0 Å². The number of thiophene rings is 1. The first kappa shape index (κ1) is 16.5. The monoisotopic (exact) mass is 338 g/mol. The third-order valence-corrected chi connectivity index (χ3v) is 4.74.